The molecule has 0 spiro atoms. The first-order valence-corrected chi connectivity index (χ1v) is 12.4. The third kappa shape index (κ3) is 3.07. The van der Waals surface area contributed by atoms with E-state index in [1.54, 1.807) is 19.5 Å². The standard InChI is InChI=1S/C27H27BrN2O4/c1-32-22-16-29-17-23-25(22)26(31)15-21(30-11-13-33-14-12-30)24(18-5-3-2-4-6-18)27(26,34-23)19-7-9-20(28)10-8-19/h2-10,16-17,21,24,31H,11-15H2,1H3. The van der Waals surface area contributed by atoms with E-state index in [4.69, 9.17) is 14.2 Å². The number of rotatable bonds is 4. The van der Waals surface area contributed by atoms with E-state index in [1.807, 2.05) is 18.2 Å². The Morgan fingerprint density at radius 2 is 1.79 bits per heavy atom. The Labute approximate surface area is 207 Å². The highest BCUT2D eigenvalue weighted by Crippen LogP contribution is 2.68. The van der Waals surface area contributed by atoms with Crippen molar-refractivity contribution in [2.45, 2.75) is 29.6 Å². The van der Waals surface area contributed by atoms with E-state index in [0.29, 0.717) is 36.7 Å². The monoisotopic (exact) mass is 522 g/mol. The molecular formula is C27H27BrN2O4. The number of halogens is 1. The first-order chi connectivity index (χ1) is 16.6. The second-order valence-corrected chi connectivity index (χ2v) is 10.1. The summed E-state index contributed by atoms with van der Waals surface area (Å²) < 4.78 is 19.3. The van der Waals surface area contributed by atoms with Gasteiger partial charge in [-0.3, -0.25) is 9.88 Å². The Morgan fingerprint density at radius 1 is 1.06 bits per heavy atom. The maximum absolute atomic E-state index is 12.8. The van der Waals surface area contributed by atoms with E-state index in [2.05, 4.69) is 62.2 Å². The van der Waals surface area contributed by atoms with Gasteiger partial charge in [-0.15, -0.1) is 0 Å². The molecule has 3 aromatic rings. The number of nitrogens with zero attached hydrogens (tertiary/aromatic N) is 2. The molecule has 2 fully saturated rings. The molecule has 1 saturated carbocycles. The summed E-state index contributed by atoms with van der Waals surface area (Å²) in [6.45, 7) is 3.01. The maximum atomic E-state index is 12.8. The number of aliphatic hydroxyl groups is 1. The predicted octanol–water partition coefficient (Wildman–Crippen LogP) is 4.22. The topological polar surface area (TPSA) is 64.1 Å². The fourth-order valence-electron chi connectivity index (χ4n) is 6.31. The van der Waals surface area contributed by atoms with Gasteiger partial charge in [0.15, 0.2) is 5.60 Å². The summed E-state index contributed by atoms with van der Waals surface area (Å²) in [7, 11) is 1.61. The zero-order valence-electron chi connectivity index (χ0n) is 19.0. The van der Waals surface area contributed by atoms with Crippen molar-refractivity contribution in [3.05, 3.63) is 88.2 Å². The molecule has 7 heteroatoms. The highest BCUT2D eigenvalue weighted by atomic mass is 79.9. The van der Waals surface area contributed by atoms with Crippen molar-refractivity contribution in [2.75, 3.05) is 33.4 Å². The van der Waals surface area contributed by atoms with Crippen LogP contribution in [0.4, 0.5) is 0 Å². The average molecular weight is 523 g/mol. The summed E-state index contributed by atoms with van der Waals surface area (Å²) in [6.07, 6.45) is 3.87. The summed E-state index contributed by atoms with van der Waals surface area (Å²) in [6, 6.07) is 18.6. The number of aromatic nitrogens is 1. The SMILES string of the molecule is COc1cncc2c1C1(O)CC(N3CCOCC3)C(c3ccccc3)C1(c1ccc(Br)cc1)O2. The average Bonchev–Trinajstić information content (AvgIpc) is 3.29. The number of hydrogen-bond acceptors (Lipinski definition) is 6. The minimum Gasteiger partial charge on any atom is -0.495 e. The van der Waals surface area contributed by atoms with Crippen molar-refractivity contribution >= 4 is 15.9 Å². The molecular weight excluding hydrogens is 496 g/mol. The number of pyridine rings is 1. The third-order valence-electron chi connectivity index (χ3n) is 7.67. The third-order valence-corrected chi connectivity index (χ3v) is 8.20. The first kappa shape index (κ1) is 22.0. The number of ether oxygens (including phenoxy) is 3. The van der Waals surface area contributed by atoms with Crippen LogP contribution in [0, 0.1) is 0 Å². The smallest absolute Gasteiger partial charge is 0.175 e. The minimum atomic E-state index is -1.31. The van der Waals surface area contributed by atoms with Crippen molar-refractivity contribution in [1.29, 1.82) is 0 Å². The molecule has 6 nitrogen and oxygen atoms in total. The summed E-state index contributed by atoms with van der Waals surface area (Å²) >= 11 is 3.57. The molecule has 1 aliphatic carbocycles. The molecule has 34 heavy (non-hydrogen) atoms. The molecule has 0 radical (unpaired) electrons. The molecule has 3 aliphatic rings. The van der Waals surface area contributed by atoms with Crippen molar-refractivity contribution in [3.8, 4) is 11.5 Å². The van der Waals surface area contributed by atoms with Crippen molar-refractivity contribution in [2.24, 2.45) is 0 Å². The lowest BCUT2D eigenvalue weighted by Gasteiger charge is -2.42. The minimum absolute atomic E-state index is 0.0472. The highest BCUT2D eigenvalue weighted by molar-refractivity contribution is 9.10. The molecule has 2 aliphatic heterocycles. The molecule has 4 atom stereocenters. The van der Waals surface area contributed by atoms with Gasteiger partial charge in [-0.25, -0.2) is 0 Å². The molecule has 0 amide bonds. The highest BCUT2D eigenvalue weighted by Gasteiger charge is 2.73. The molecule has 1 N–H and O–H groups in total. The van der Waals surface area contributed by atoms with E-state index >= 15 is 0 Å². The molecule has 1 saturated heterocycles. The van der Waals surface area contributed by atoms with E-state index in [0.717, 1.165) is 28.7 Å². The Bertz CT molecular complexity index is 1180. The predicted molar refractivity (Wildman–Crippen MR) is 131 cm³/mol. The molecule has 1 aromatic heterocycles. The number of morpholine rings is 1. The molecule has 0 bridgehead atoms. The van der Waals surface area contributed by atoms with E-state index in [1.165, 1.54) is 0 Å². The van der Waals surface area contributed by atoms with Gasteiger partial charge >= 0.3 is 0 Å². The fraction of sp³-hybridized carbons (Fsp3) is 0.370. The molecule has 2 aromatic carbocycles. The van der Waals surface area contributed by atoms with Crippen LogP contribution in [-0.2, 0) is 15.9 Å². The van der Waals surface area contributed by atoms with Gasteiger partial charge < -0.3 is 19.3 Å². The lowest BCUT2D eigenvalue weighted by Crippen LogP contribution is -2.50. The fourth-order valence-corrected chi connectivity index (χ4v) is 6.58. The van der Waals surface area contributed by atoms with E-state index in [9.17, 15) is 5.11 Å². The zero-order chi connectivity index (χ0) is 23.3. The summed E-state index contributed by atoms with van der Waals surface area (Å²) in [5.74, 6) is 0.995. The van der Waals surface area contributed by atoms with Gasteiger partial charge in [0.1, 0.15) is 17.1 Å². The lowest BCUT2D eigenvalue weighted by molar-refractivity contribution is -0.106. The first-order valence-electron chi connectivity index (χ1n) is 11.6. The molecule has 6 rings (SSSR count). The van der Waals surface area contributed by atoms with Crippen LogP contribution in [0.2, 0.25) is 0 Å². The van der Waals surface area contributed by atoms with Gasteiger partial charge in [-0.2, -0.15) is 0 Å². The van der Waals surface area contributed by atoms with Crippen LogP contribution in [0.25, 0.3) is 0 Å². The summed E-state index contributed by atoms with van der Waals surface area (Å²) in [5.41, 5.74) is 0.396. The van der Waals surface area contributed by atoms with Gasteiger partial charge in [0.05, 0.1) is 38.3 Å². The van der Waals surface area contributed by atoms with Crippen molar-refractivity contribution in [3.63, 3.8) is 0 Å². The number of methoxy groups -OCH3 is 1. The van der Waals surface area contributed by atoms with Gasteiger partial charge in [-0.1, -0.05) is 58.4 Å². The summed E-state index contributed by atoms with van der Waals surface area (Å²) in [5, 5.41) is 12.8. The van der Waals surface area contributed by atoms with Crippen LogP contribution in [0.5, 0.6) is 11.5 Å². The normalized spacial score (nSPS) is 30.4. The number of fused-ring (bicyclic) bond motifs is 3. The molecule has 3 heterocycles. The molecule has 4 unspecified atom stereocenters. The van der Waals surface area contributed by atoms with Gasteiger partial charge in [0, 0.05) is 35.9 Å². The van der Waals surface area contributed by atoms with Crippen LogP contribution in [0.15, 0.2) is 71.5 Å². The maximum Gasteiger partial charge on any atom is 0.175 e. The second kappa shape index (κ2) is 8.34. The Balaban J connectivity index is 1.63. The Kier molecular flexibility index (Phi) is 5.41. The second-order valence-electron chi connectivity index (χ2n) is 9.23. The van der Waals surface area contributed by atoms with Crippen molar-refractivity contribution in [1.82, 2.24) is 9.88 Å². The summed E-state index contributed by atoms with van der Waals surface area (Å²) in [4.78, 5) is 6.79. The van der Waals surface area contributed by atoms with Gasteiger partial charge in [-0.05, 0) is 23.3 Å². The van der Waals surface area contributed by atoms with Crippen LogP contribution in [0.3, 0.4) is 0 Å². The van der Waals surface area contributed by atoms with Crippen LogP contribution in [-0.4, -0.2) is 54.4 Å². The lowest BCUT2D eigenvalue weighted by atomic mass is 9.71. The van der Waals surface area contributed by atoms with E-state index < -0.39 is 11.2 Å². The van der Waals surface area contributed by atoms with Gasteiger partial charge in [0.25, 0.3) is 0 Å². The Morgan fingerprint density at radius 3 is 2.50 bits per heavy atom. The largest absolute Gasteiger partial charge is 0.495 e. The van der Waals surface area contributed by atoms with Crippen molar-refractivity contribution < 1.29 is 19.3 Å². The number of benzene rings is 2. The quantitative estimate of drug-likeness (QED) is 0.553. The Hall–Kier alpha value is -2.45. The van der Waals surface area contributed by atoms with E-state index in [-0.39, 0.29) is 12.0 Å². The van der Waals surface area contributed by atoms with Crippen LogP contribution in [0.1, 0.15) is 29.0 Å². The zero-order valence-corrected chi connectivity index (χ0v) is 20.6. The van der Waals surface area contributed by atoms with Crippen LogP contribution >= 0.6 is 15.9 Å². The molecule has 176 valence electrons. The van der Waals surface area contributed by atoms with Crippen LogP contribution < -0.4 is 9.47 Å². The number of hydrogen-bond donors (Lipinski definition) is 1. The van der Waals surface area contributed by atoms with Gasteiger partial charge in [0.2, 0.25) is 0 Å².